The summed E-state index contributed by atoms with van der Waals surface area (Å²) in [5.74, 6) is -0.373. The van der Waals surface area contributed by atoms with Gasteiger partial charge in [-0.25, -0.2) is 18.9 Å². The number of amides is 1. The van der Waals surface area contributed by atoms with Crippen molar-refractivity contribution >= 4 is 45.4 Å². The van der Waals surface area contributed by atoms with Crippen molar-refractivity contribution in [1.29, 1.82) is 5.26 Å². The first kappa shape index (κ1) is 25.9. The smallest absolute Gasteiger partial charge is 0.413 e. The number of halogens is 2. The van der Waals surface area contributed by atoms with Gasteiger partial charge in [0.15, 0.2) is 6.23 Å². The summed E-state index contributed by atoms with van der Waals surface area (Å²) in [6.07, 6.45) is 3.27. The van der Waals surface area contributed by atoms with Crippen molar-refractivity contribution < 1.29 is 18.7 Å². The van der Waals surface area contributed by atoms with Crippen molar-refractivity contribution in [1.82, 2.24) is 19.3 Å². The van der Waals surface area contributed by atoms with E-state index in [1.807, 2.05) is 0 Å². The summed E-state index contributed by atoms with van der Waals surface area (Å²) in [5, 5.41) is 18.8. The molecule has 0 aliphatic carbocycles. The highest BCUT2D eigenvalue weighted by Crippen LogP contribution is 2.39. The van der Waals surface area contributed by atoms with Crippen molar-refractivity contribution in [2.75, 3.05) is 11.9 Å². The van der Waals surface area contributed by atoms with Crippen LogP contribution in [0.1, 0.15) is 63.1 Å². The van der Waals surface area contributed by atoms with Crippen LogP contribution in [0.3, 0.4) is 0 Å². The number of carbonyl (C=O) groups excluding carboxylic acids is 1. The number of hydrogen-bond donors (Lipinski definition) is 1. The molecule has 1 unspecified atom stereocenters. The molecule has 0 bridgehead atoms. The zero-order chi connectivity index (χ0) is 27.4. The zero-order valence-corrected chi connectivity index (χ0v) is 22.6. The highest BCUT2D eigenvalue weighted by Gasteiger charge is 2.29. The number of nitrogens with zero attached hydrogens (tertiary/aromatic N) is 5. The molecule has 1 N–H and O–H groups in total. The Bertz CT molecular complexity index is 1620. The molecule has 5 rings (SSSR count). The Morgan fingerprint density at radius 3 is 2.71 bits per heavy atom. The van der Waals surface area contributed by atoms with E-state index in [0.717, 1.165) is 19.3 Å². The number of fused-ring (bicyclic) bond motifs is 2. The summed E-state index contributed by atoms with van der Waals surface area (Å²) in [5.41, 5.74) is 1.42. The number of carbonyl (C=O) groups is 1. The third-order valence-corrected chi connectivity index (χ3v) is 6.90. The number of hydrogen-bond acceptors (Lipinski definition) is 6. The van der Waals surface area contributed by atoms with Gasteiger partial charge in [-0.05, 0) is 59.9 Å². The molecule has 0 saturated carbocycles. The first-order valence-electron chi connectivity index (χ1n) is 12.4. The Morgan fingerprint density at radius 2 is 2.05 bits per heavy atom. The summed E-state index contributed by atoms with van der Waals surface area (Å²) in [6.45, 7) is 9.18. The lowest BCUT2D eigenvalue weighted by Crippen LogP contribution is -2.28. The summed E-state index contributed by atoms with van der Waals surface area (Å²) in [4.78, 5) is 17.6. The van der Waals surface area contributed by atoms with Crippen LogP contribution in [0.5, 0.6) is 0 Å². The second kappa shape index (κ2) is 9.57. The average Bonchev–Trinajstić information content (AvgIpc) is 3.38. The topological polar surface area (TPSA) is 107 Å². The van der Waals surface area contributed by atoms with Gasteiger partial charge < -0.3 is 9.47 Å². The number of nitriles is 1. The first-order chi connectivity index (χ1) is 18.0. The van der Waals surface area contributed by atoms with E-state index >= 15 is 4.39 Å². The van der Waals surface area contributed by atoms with Gasteiger partial charge in [0.05, 0.1) is 28.1 Å². The van der Waals surface area contributed by atoms with E-state index < -0.39 is 17.5 Å². The minimum Gasteiger partial charge on any atom is -0.444 e. The third-order valence-electron chi connectivity index (χ3n) is 6.52. The van der Waals surface area contributed by atoms with E-state index in [1.54, 1.807) is 56.1 Å². The molecule has 1 saturated heterocycles. The predicted octanol–water partition coefficient (Wildman–Crippen LogP) is 6.70. The largest absolute Gasteiger partial charge is 0.444 e. The van der Waals surface area contributed by atoms with Crippen LogP contribution >= 0.6 is 11.6 Å². The Kier molecular flexibility index (Phi) is 6.53. The lowest BCUT2D eigenvalue weighted by atomic mass is 10.1. The van der Waals surface area contributed by atoms with E-state index in [2.05, 4.69) is 21.5 Å². The molecule has 9 nitrogen and oxygen atoms in total. The van der Waals surface area contributed by atoms with Crippen LogP contribution in [0, 0.1) is 31.0 Å². The lowest BCUT2D eigenvalue weighted by Gasteiger charge is -2.24. The summed E-state index contributed by atoms with van der Waals surface area (Å²) >= 11 is 6.38. The van der Waals surface area contributed by atoms with Gasteiger partial charge >= 0.3 is 6.09 Å². The number of anilines is 1. The minimum absolute atomic E-state index is 0.0996. The van der Waals surface area contributed by atoms with Crippen LogP contribution in [-0.2, 0) is 9.47 Å². The second-order valence-electron chi connectivity index (χ2n) is 10.4. The van der Waals surface area contributed by atoms with Gasteiger partial charge in [0.25, 0.3) is 0 Å². The maximum Gasteiger partial charge on any atom is 0.413 e. The van der Waals surface area contributed by atoms with E-state index in [9.17, 15) is 10.1 Å². The molecule has 0 radical (unpaired) electrons. The fourth-order valence-electron chi connectivity index (χ4n) is 4.79. The average molecular weight is 539 g/mol. The van der Waals surface area contributed by atoms with Crippen molar-refractivity contribution in [2.45, 2.75) is 65.7 Å². The van der Waals surface area contributed by atoms with E-state index in [1.165, 1.54) is 6.07 Å². The quantitative estimate of drug-likeness (QED) is 0.311. The number of pyridine rings is 1. The lowest BCUT2D eigenvalue weighted by molar-refractivity contribution is -0.0366. The summed E-state index contributed by atoms with van der Waals surface area (Å²) in [7, 11) is 0. The van der Waals surface area contributed by atoms with Gasteiger partial charge in [0.1, 0.15) is 34.5 Å². The Labute approximate surface area is 224 Å². The SMILES string of the molecule is Cc1nc2c(cc1Cl)c(C#N)c(NC(=O)OC(C)(C)C)n2-c1c(C)c(F)cc2c1cnn2C1CCCCO1. The number of aryl methyl sites for hydroxylation is 1. The number of ether oxygens (including phenoxy) is 2. The Morgan fingerprint density at radius 1 is 1.29 bits per heavy atom. The Balaban J connectivity index is 1.83. The molecule has 1 amide bonds. The first-order valence-corrected chi connectivity index (χ1v) is 12.8. The van der Waals surface area contributed by atoms with Crippen LogP contribution in [0.2, 0.25) is 5.02 Å². The van der Waals surface area contributed by atoms with Crippen LogP contribution in [0.4, 0.5) is 15.0 Å². The minimum atomic E-state index is -0.783. The second-order valence-corrected chi connectivity index (χ2v) is 10.8. The van der Waals surface area contributed by atoms with Crippen molar-refractivity contribution in [3.8, 4) is 11.8 Å². The van der Waals surface area contributed by atoms with E-state index in [4.69, 9.17) is 21.1 Å². The van der Waals surface area contributed by atoms with Crippen LogP contribution in [-0.4, -0.2) is 37.6 Å². The van der Waals surface area contributed by atoms with Crippen molar-refractivity contribution in [3.05, 3.63) is 46.0 Å². The summed E-state index contributed by atoms with van der Waals surface area (Å²) in [6, 6.07) is 5.22. The van der Waals surface area contributed by atoms with Gasteiger partial charge in [-0.15, -0.1) is 0 Å². The molecule has 4 aromatic rings. The molecule has 38 heavy (non-hydrogen) atoms. The fourth-order valence-corrected chi connectivity index (χ4v) is 4.94. The molecular formula is C27H28ClFN6O3. The molecule has 1 aliphatic heterocycles. The molecule has 1 aliphatic rings. The number of benzene rings is 1. The van der Waals surface area contributed by atoms with Gasteiger partial charge in [0, 0.05) is 29.0 Å². The van der Waals surface area contributed by atoms with Crippen molar-refractivity contribution in [2.24, 2.45) is 0 Å². The third kappa shape index (κ3) is 4.46. The van der Waals surface area contributed by atoms with E-state index in [-0.39, 0.29) is 17.6 Å². The molecule has 1 fully saturated rings. The maximum absolute atomic E-state index is 15.6. The number of aromatic nitrogens is 4. The maximum atomic E-state index is 15.6. The molecule has 11 heteroatoms. The fraction of sp³-hybridized carbons (Fsp3) is 0.407. The monoisotopic (exact) mass is 538 g/mol. The highest BCUT2D eigenvalue weighted by atomic mass is 35.5. The molecule has 0 spiro atoms. The predicted molar refractivity (Wildman–Crippen MR) is 142 cm³/mol. The number of rotatable bonds is 3. The summed E-state index contributed by atoms with van der Waals surface area (Å²) < 4.78 is 30.2. The van der Waals surface area contributed by atoms with Crippen LogP contribution in [0.25, 0.3) is 27.6 Å². The molecule has 3 aromatic heterocycles. The Hall–Kier alpha value is -3.68. The normalized spacial score (nSPS) is 16.1. The molecule has 1 atom stereocenters. The standard InChI is InChI=1S/C27H28ClFN6O3/c1-14-20(29)11-21-18(13-31-35(21)22-8-6-7-9-37-22)23(14)34-24-16(10-19(28)15(2)32-24)17(12-30)25(34)33-26(36)38-27(3,4)5/h10-11,13,22H,6-9H2,1-5H3,(H,33,36). The molecule has 4 heterocycles. The zero-order valence-electron chi connectivity index (χ0n) is 21.9. The molecule has 1 aromatic carbocycles. The van der Waals surface area contributed by atoms with E-state index in [0.29, 0.717) is 50.5 Å². The van der Waals surface area contributed by atoms with Gasteiger partial charge in [0.2, 0.25) is 0 Å². The van der Waals surface area contributed by atoms with Crippen LogP contribution < -0.4 is 5.32 Å². The van der Waals surface area contributed by atoms with Gasteiger partial charge in [-0.3, -0.25) is 9.88 Å². The van der Waals surface area contributed by atoms with Crippen molar-refractivity contribution in [3.63, 3.8) is 0 Å². The van der Waals surface area contributed by atoms with Gasteiger partial charge in [-0.2, -0.15) is 10.4 Å². The molecular weight excluding hydrogens is 511 g/mol. The number of nitrogens with one attached hydrogen (secondary N) is 1. The highest BCUT2D eigenvalue weighted by molar-refractivity contribution is 6.32. The molecule has 198 valence electrons. The van der Waals surface area contributed by atoms with Crippen LogP contribution in [0.15, 0.2) is 18.3 Å². The van der Waals surface area contributed by atoms with Gasteiger partial charge in [-0.1, -0.05) is 11.6 Å².